The Morgan fingerprint density at radius 3 is 2.90 bits per heavy atom. The highest BCUT2D eigenvalue weighted by Crippen LogP contribution is 2.44. The molecule has 1 unspecified atom stereocenters. The van der Waals surface area contributed by atoms with Crippen molar-refractivity contribution in [1.29, 1.82) is 0 Å². The van der Waals surface area contributed by atoms with Gasteiger partial charge in [0.2, 0.25) is 0 Å². The number of anilines is 2. The first-order valence-corrected chi connectivity index (χ1v) is 10.4. The van der Waals surface area contributed by atoms with Gasteiger partial charge in [0.25, 0.3) is 5.91 Å². The Balaban J connectivity index is 1.55. The van der Waals surface area contributed by atoms with Crippen molar-refractivity contribution in [3.05, 3.63) is 65.3 Å². The normalized spacial score (nSPS) is 24.5. The van der Waals surface area contributed by atoms with Crippen molar-refractivity contribution in [3.8, 4) is 0 Å². The Hall–Kier alpha value is -3.22. The van der Waals surface area contributed by atoms with E-state index in [1.807, 2.05) is 37.0 Å². The van der Waals surface area contributed by atoms with Crippen LogP contribution in [0.4, 0.5) is 20.3 Å². The molecule has 31 heavy (non-hydrogen) atoms. The third-order valence-electron chi connectivity index (χ3n) is 6.01. The van der Waals surface area contributed by atoms with Gasteiger partial charge in [-0.05, 0) is 68.7 Å². The van der Waals surface area contributed by atoms with Crippen LogP contribution in [0.15, 0.2) is 48.4 Å². The van der Waals surface area contributed by atoms with Crippen LogP contribution in [0.2, 0.25) is 0 Å². The third-order valence-corrected chi connectivity index (χ3v) is 6.01. The largest absolute Gasteiger partial charge is 0.482 e. The molecule has 160 valence electrons. The van der Waals surface area contributed by atoms with Crippen molar-refractivity contribution in [1.82, 2.24) is 4.98 Å². The Kier molecular flexibility index (Phi) is 4.57. The van der Waals surface area contributed by atoms with E-state index in [0.29, 0.717) is 35.5 Å². The first-order chi connectivity index (χ1) is 14.8. The third kappa shape index (κ3) is 3.48. The maximum absolute atomic E-state index is 13.9. The zero-order valence-electron chi connectivity index (χ0n) is 17.4. The fourth-order valence-electron chi connectivity index (χ4n) is 4.50. The number of nitrogens with one attached hydrogen (secondary N) is 1. The zero-order chi connectivity index (χ0) is 21.8. The maximum atomic E-state index is 13.9. The van der Waals surface area contributed by atoms with Crippen molar-refractivity contribution in [2.24, 2.45) is 0 Å². The van der Waals surface area contributed by atoms with Gasteiger partial charge in [-0.3, -0.25) is 4.79 Å². The highest BCUT2D eigenvalue weighted by molar-refractivity contribution is 6.32. The SMILES string of the molecule is CC1(C)O/C(=C2/C(=O)Nc3cc(F)ccc32)C=C1c1ccnc(N2CCCC(F)C2)c1. The predicted molar refractivity (Wildman–Crippen MR) is 116 cm³/mol. The lowest BCUT2D eigenvalue weighted by Gasteiger charge is -2.30. The fraction of sp³-hybridized carbons (Fsp3) is 0.333. The molecule has 1 N–H and O–H groups in total. The van der Waals surface area contributed by atoms with Crippen LogP contribution in [0.3, 0.4) is 0 Å². The average Bonchev–Trinajstić information content (AvgIpc) is 3.22. The minimum absolute atomic E-state index is 0.318. The van der Waals surface area contributed by atoms with E-state index >= 15 is 0 Å². The van der Waals surface area contributed by atoms with Crippen LogP contribution in [0.5, 0.6) is 0 Å². The average molecular weight is 423 g/mol. The standard InChI is InChI=1S/C24H23F2N3O2/c1-24(2)18(14-7-8-27-21(10-14)29-9-3-4-16(26)13-29)12-20(31-24)22-17-6-5-15(25)11-19(17)28-23(22)30/h5-8,10-12,16H,3-4,9,13H2,1-2H3,(H,28,30)/b22-20+. The van der Waals surface area contributed by atoms with Crippen LogP contribution >= 0.6 is 0 Å². The van der Waals surface area contributed by atoms with E-state index in [4.69, 9.17) is 4.74 Å². The summed E-state index contributed by atoms with van der Waals surface area (Å²) in [7, 11) is 0. The van der Waals surface area contributed by atoms with Gasteiger partial charge in [-0.15, -0.1) is 0 Å². The summed E-state index contributed by atoms with van der Waals surface area (Å²) in [6, 6.07) is 8.05. The number of ether oxygens (including phenoxy) is 1. The fourth-order valence-corrected chi connectivity index (χ4v) is 4.50. The summed E-state index contributed by atoms with van der Waals surface area (Å²) < 4.78 is 33.7. The van der Waals surface area contributed by atoms with Gasteiger partial charge in [0, 0.05) is 23.9 Å². The van der Waals surface area contributed by atoms with Gasteiger partial charge >= 0.3 is 0 Å². The molecule has 5 rings (SSSR count). The van der Waals surface area contributed by atoms with Crippen LogP contribution < -0.4 is 10.2 Å². The molecule has 3 aliphatic heterocycles. The molecule has 0 bridgehead atoms. The Bertz CT molecular complexity index is 1140. The van der Waals surface area contributed by atoms with Crippen LogP contribution in [0.1, 0.15) is 37.8 Å². The zero-order valence-corrected chi connectivity index (χ0v) is 17.4. The maximum Gasteiger partial charge on any atom is 0.260 e. The van der Waals surface area contributed by atoms with Gasteiger partial charge in [-0.25, -0.2) is 13.8 Å². The van der Waals surface area contributed by atoms with Crippen LogP contribution in [-0.4, -0.2) is 35.8 Å². The number of hydrogen-bond donors (Lipinski definition) is 1. The number of piperidine rings is 1. The summed E-state index contributed by atoms with van der Waals surface area (Å²) in [5.74, 6) is 0.452. The van der Waals surface area contributed by atoms with Gasteiger partial charge in [0.1, 0.15) is 29.2 Å². The smallest absolute Gasteiger partial charge is 0.260 e. The summed E-state index contributed by atoms with van der Waals surface area (Å²) in [5.41, 5.74) is 2.57. The minimum Gasteiger partial charge on any atom is -0.482 e. The van der Waals surface area contributed by atoms with Crippen molar-refractivity contribution in [2.45, 2.75) is 38.5 Å². The predicted octanol–water partition coefficient (Wildman–Crippen LogP) is 4.71. The molecule has 1 aromatic heterocycles. The monoisotopic (exact) mass is 423 g/mol. The molecule has 5 nitrogen and oxygen atoms in total. The molecule has 1 atom stereocenters. The lowest BCUT2D eigenvalue weighted by molar-refractivity contribution is -0.111. The summed E-state index contributed by atoms with van der Waals surface area (Å²) >= 11 is 0. The number of rotatable bonds is 2. The molecular weight excluding hydrogens is 400 g/mol. The van der Waals surface area contributed by atoms with Gasteiger partial charge in [-0.2, -0.15) is 0 Å². The number of aromatic nitrogens is 1. The van der Waals surface area contributed by atoms with Crippen LogP contribution in [0, 0.1) is 5.82 Å². The number of allylic oxidation sites excluding steroid dienone is 1. The molecule has 1 fully saturated rings. The minimum atomic E-state index is -0.841. The summed E-state index contributed by atoms with van der Waals surface area (Å²) in [4.78, 5) is 19.0. The lowest BCUT2D eigenvalue weighted by atomic mass is 9.92. The van der Waals surface area contributed by atoms with Gasteiger partial charge in [0.05, 0.1) is 17.8 Å². The summed E-state index contributed by atoms with van der Waals surface area (Å²) in [6.07, 6.45) is 4.13. The first-order valence-electron chi connectivity index (χ1n) is 10.4. The number of carbonyl (C=O) groups excluding carboxylic acids is 1. The van der Waals surface area contributed by atoms with E-state index in [1.54, 1.807) is 12.3 Å². The van der Waals surface area contributed by atoms with Gasteiger partial charge < -0.3 is 15.0 Å². The Labute approximate surface area is 179 Å². The molecule has 7 heteroatoms. The van der Waals surface area contributed by atoms with E-state index in [9.17, 15) is 13.6 Å². The van der Waals surface area contributed by atoms with E-state index in [1.165, 1.54) is 12.1 Å². The number of halogens is 2. The highest BCUT2D eigenvalue weighted by atomic mass is 19.1. The Morgan fingerprint density at radius 2 is 2.10 bits per heavy atom. The van der Waals surface area contributed by atoms with Crippen molar-refractivity contribution >= 4 is 28.6 Å². The number of fused-ring (bicyclic) bond motifs is 1. The quantitative estimate of drug-likeness (QED) is 0.711. The second-order valence-corrected chi connectivity index (χ2v) is 8.64. The molecule has 1 saturated heterocycles. The van der Waals surface area contributed by atoms with E-state index in [0.717, 1.165) is 29.9 Å². The summed E-state index contributed by atoms with van der Waals surface area (Å²) in [6.45, 7) is 4.99. The first kappa shape index (κ1) is 19.7. The molecule has 3 aliphatic rings. The molecular formula is C24H23F2N3O2. The van der Waals surface area contributed by atoms with E-state index in [-0.39, 0.29) is 5.91 Å². The van der Waals surface area contributed by atoms with Crippen LogP contribution in [-0.2, 0) is 9.53 Å². The Morgan fingerprint density at radius 1 is 1.26 bits per heavy atom. The number of amides is 1. The van der Waals surface area contributed by atoms with Gasteiger partial charge in [-0.1, -0.05) is 0 Å². The lowest BCUT2D eigenvalue weighted by Crippen LogP contribution is -2.36. The van der Waals surface area contributed by atoms with Crippen molar-refractivity contribution in [3.63, 3.8) is 0 Å². The number of hydrogen-bond acceptors (Lipinski definition) is 4. The topological polar surface area (TPSA) is 54.5 Å². The molecule has 0 saturated carbocycles. The molecule has 2 aromatic rings. The van der Waals surface area contributed by atoms with Crippen molar-refractivity contribution in [2.75, 3.05) is 23.3 Å². The van der Waals surface area contributed by atoms with E-state index in [2.05, 4.69) is 10.3 Å². The highest BCUT2D eigenvalue weighted by Gasteiger charge is 2.38. The summed E-state index contributed by atoms with van der Waals surface area (Å²) in [5, 5.41) is 2.71. The molecule has 4 heterocycles. The number of nitrogens with zero attached hydrogens (tertiary/aromatic N) is 2. The number of benzene rings is 1. The number of alkyl halides is 1. The van der Waals surface area contributed by atoms with Crippen molar-refractivity contribution < 1.29 is 18.3 Å². The van der Waals surface area contributed by atoms with E-state index < -0.39 is 17.6 Å². The number of carbonyl (C=O) groups is 1. The van der Waals surface area contributed by atoms with Crippen LogP contribution in [0.25, 0.3) is 11.1 Å². The molecule has 0 spiro atoms. The molecule has 1 amide bonds. The second kappa shape index (κ2) is 7.18. The number of pyridine rings is 1. The molecule has 1 aromatic carbocycles. The molecule has 0 aliphatic carbocycles. The van der Waals surface area contributed by atoms with Gasteiger partial charge in [0.15, 0.2) is 0 Å². The molecule has 0 radical (unpaired) electrons. The second-order valence-electron chi connectivity index (χ2n) is 8.64.